The minimum absolute atomic E-state index is 0.0703. The molecule has 1 heterocycles. The second-order valence-electron chi connectivity index (χ2n) is 7.17. The van der Waals surface area contributed by atoms with Crippen molar-refractivity contribution in [3.63, 3.8) is 0 Å². The summed E-state index contributed by atoms with van der Waals surface area (Å²) in [5, 5.41) is 2.24. The van der Waals surface area contributed by atoms with Crippen LogP contribution < -0.4 is 19.7 Å². The average Bonchev–Trinajstić information content (AvgIpc) is 2.69. The van der Waals surface area contributed by atoms with Crippen molar-refractivity contribution >= 4 is 45.5 Å². The van der Waals surface area contributed by atoms with E-state index in [4.69, 9.17) is 9.47 Å². The summed E-state index contributed by atoms with van der Waals surface area (Å²) in [4.78, 5) is 39.0. The van der Waals surface area contributed by atoms with Gasteiger partial charge in [-0.15, -0.1) is 0 Å². The van der Waals surface area contributed by atoms with E-state index in [-0.39, 0.29) is 11.7 Å². The molecule has 0 unspecified atom stereocenters. The molecule has 162 valence electrons. The molecule has 1 saturated heterocycles. The SMILES string of the molecule is CCOc1cc(/C=C2\C(=O)NC(=O)N(c3ccccc3C)C2=O)cc(Br)c1OC(C)C. The van der Waals surface area contributed by atoms with Crippen LogP contribution in [0.4, 0.5) is 10.5 Å². The van der Waals surface area contributed by atoms with Crippen LogP contribution in [0.2, 0.25) is 0 Å². The van der Waals surface area contributed by atoms with Crippen LogP contribution in [0.3, 0.4) is 0 Å². The lowest BCUT2D eigenvalue weighted by molar-refractivity contribution is -0.122. The van der Waals surface area contributed by atoms with E-state index in [0.29, 0.717) is 33.8 Å². The van der Waals surface area contributed by atoms with Crippen molar-refractivity contribution in [3.8, 4) is 11.5 Å². The third-order valence-electron chi connectivity index (χ3n) is 4.45. The standard InChI is InChI=1S/C23H23BrN2O5/c1-5-30-19-12-15(11-17(24)20(19)31-13(2)3)10-16-21(27)25-23(29)26(22(16)28)18-9-7-6-8-14(18)4/h6-13H,5H2,1-4H3,(H,25,27,29)/b16-10+. The predicted molar refractivity (Wildman–Crippen MR) is 121 cm³/mol. The lowest BCUT2D eigenvalue weighted by Crippen LogP contribution is -2.54. The first-order valence-electron chi connectivity index (χ1n) is 9.83. The number of rotatable bonds is 6. The van der Waals surface area contributed by atoms with E-state index in [9.17, 15) is 14.4 Å². The quantitative estimate of drug-likeness (QED) is 0.475. The third kappa shape index (κ3) is 4.80. The first-order chi connectivity index (χ1) is 14.7. The highest BCUT2D eigenvalue weighted by atomic mass is 79.9. The van der Waals surface area contributed by atoms with Gasteiger partial charge in [0, 0.05) is 0 Å². The zero-order valence-electron chi connectivity index (χ0n) is 17.7. The summed E-state index contributed by atoms with van der Waals surface area (Å²) in [6, 6.07) is 9.60. The molecule has 0 aliphatic carbocycles. The first-order valence-corrected chi connectivity index (χ1v) is 10.6. The van der Waals surface area contributed by atoms with Crippen molar-refractivity contribution in [1.29, 1.82) is 0 Å². The smallest absolute Gasteiger partial charge is 0.335 e. The van der Waals surface area contributed by atoms with E-state index in [1.807, 2.05) is 20.8 Å². The van der Waals surface area contributed by atoms with Crippen molar-refractivity contribution < 1.29 is 23.9 Å². The molecule has 0 radical (unpaired) electrons. The van der Waals surface area contributed by atoms with Crippen LogP contribution in [-0.2, 0) is 9.59 Å². The Labute approximate surface area is 189 Å². The van der Waals surface area contributed by atoms with Crippen molar-refractivity contribution in [1.82, 2.24) is 5.32 Å². The maximum absolute atomic E-state index is 13.1. The number of urea groups is 1. The summed E-state index contributed by atoms with van der Waals surface area (Å²) in [7, 11) is 0. The highest BCUT2D eigenvalue weighted by Crippen LogP contribution is 2.38. The molecule has 2 aromatic carbocycles. The number of para-hydroxylation sites is 1. The second-order valence-corrected chi connectivity index (χ2v) is 8.03. The lowest BCUT2D eigenvalue weighted by atomic mass is 10.1. The van der Waals surface area contributed by atoms with Crippen molar-refractivity contribution in [2.75, 3.05) is 11.5 Å². The number of imide groups is 2. The number of nitrogens with one attached hydrogen (secondary N) is 1. The molecule has 8 heteroatoms. The van der Waals surface area contributed by atoms with Gasteiger partial charge < -0.3 is 9.47 Å². The Kier molecular flexibility index (Phi) is 6.80. The number of aryl methyl sites for hydroxylation is 1. The molecule has 4 amide bonds. The molecule has 0 aromatic heterocycles. The number of ether oxygens (including phenoxy) is 2. The normalized spacial score (nSPS) is 15.5. The van der Waals surface area contributed by atoms with Crippen molar-refractivity contribution in [3.05, 3.63) is 57.6 Å². The number of carbonyl (C=O) groups excluding carboxylic acids is 3. The molecular weight excluding hydrogens is 464 g/mol. The maximum atomic E-state index is 13.1. The molecule has 0 atom stereocenters. The Hall–Kier alpha value is -3.13. The fraction of sp³-hybridized carbons (Fsp3) is 0.261. The minimum atomic E-state index is -0.779. The van der Waals surface area contributed by atoms with Crippen LogP contribution >= 0.6 is 15.9 Å². The summed E-state index contributed by atoms with van der Waals surface area (Å²) < 4.78 is 12.1. The number of barbiturate groups is 1. The number of nitrogens with zero attached hydrogens (tertiary/aromatic N) is 1. The zero-order valence-corrected chi connectivity index (χ0v) is 19.3. The maximum Gasteiger partial charge on any atom is 0.335 e. The summed E-state index contributed by atoms with van der Waals surface area (Å²) in [5.41, 5.74) is 1.54. The van der Waals surface area contributed by atoms with Gasteiger partial charge in [-0.25, -0.2) is 9.69 Å². The number of carbonyl (C=O) groups is 3. The van der Waals surface area contributed by atoms with E-state index < -0.39 is 17.8 Å². The fourth-order valence-electron chi connectivity index (χ4n) is 3.14. The second kappa shape index (κ2) is 9.34. The van der Waals surface area contributed by atoms with Crippen LogP contribution in [0.15, 0.2) is 46.4 Å². The number of anilines is 1. The molecule has 1 N–H and O–H groups in total. The fourth-order valence-corrected chi connectivity index (χ4v) is 3.69. The van der Waals surface area contributed by atoms with Crippen LogP contribution in [0, 0.1) is 6.92 Å². The minimum Gasteiger partial charge on any atom is -0.490 e. The van der Waals surface area contributed by atoms with E-state index in [2.05, 4.69) is 21.2 Å². The van der Waals surface area contributed by atoms with E-state index >= 15 is 0 Å². The number of hydrogen-bond donors (Lipinski definition) is 1. The van der Waals surface area contributed by atoms with Gasteiger partial charge in [0.25, 0.3) is 11.8 Å². The lowest BCUT2D eigenvalue weighted by Gasteiger charge is -2.27. The molecule has 0 spiro atoms. The van der Waals surface area contributed by atoms with Gasteiger partial charge in [-0.05, 0) is 79.0 Å². The van der Waals surface area contributed by atoms with Gasteiger partial charge in [-0.2, -0.15) is 0 Å². The highest BCUT2D eigenvalue weighted by molar-refractivity contribution is 9.10. The molecule has 1 aliphatic rings. The number of amides is 4. The van der Waals surface area contributed by atoms with Gasteiger partial charge in [0.15, 0.2) is 11.5 Å². The Bertz CT molecular complexity index is 1080. The monoisotopic (exact) mass is 486 g/mol. The molecule has 7 nitrogen and oxygen atoms in total. The summed E-state index contributed by atoms with van der Waals surface area (Å²) in [5.74, 6) is -0.431. The van der Waals surface area contributed by atoms with E-state index in [0.717, 1.165) is 10.5 Å². The number of hydrogen-bond acceptors (Lipinski definition) is 5. The van der Waals surface area contributed by atoms with Crippen molar-refractivity contribution in [2.45, 2.75) is 33.8 Å². The Morgan fingerprint density at radius 2 is 1.87 bits per heavy atom. The first kappa shape index (κ1) is 22.6. The van der Waals surface area contributed by atoms with Gasteiger partial charge in [-0.1, -0.05) is 18.2 Å². The molecule has 0 saturated carbocycles. The number of halogens is 1. The predicted octanol–water partition coefficient (Wildman–Crippen LogP) is 4.61. The average molecular weight is 487 g/mol. The Balaban J connectivity index is 2.05. The van der Waals surface area contributed by atoms with Gasteiger partial charge in [0.2, 0.25) is 0 Å². The van der Waals surface area contributed by atoms with E-state index in [1.54, 1.807) is 43.3 Å². The van der Waals surface area contributed by atoms with Gasteiger partial charge in [0.1, 0.15) is 5.57 Å². The van der Waals surface area contributed by atoms with Gasteiger partial charge in [-0.3, -0.25) is 14.9 Å². The Morgan fingerprint density at radius 1 is 1.16 bits per heavy atom. The molecule has 0 bridgehead atoms. The Morgan fingerprint density at radius 3 is 2.52 bits per heavy atom. The molecule has 1 fully saturated rings. The number of benzene rings is 2. The summed E-state index contributed by atoms with van der Waals surface area (Å²) in [6.07, 6.45) is 1.36. The largest absolute Gasteiger partial charge is 0.490 e. The van der Waals surface area contributed by atoms with Crippen LogP contribution in [0.5, 0.6) is 11.5 Å². The molecule has 31 heavy (non-hydrogen) atoms. The van der Waals surface area contributed by atoms with Gasteiger partial charge in [0.05, 0.1) is 22.9 Å². The molecular formula is C23H23BrN2O5. The van der Waals surface area contributed by atoms with Crippen molar-refractivity contribution in [2.24, 2.45) is 0 Å². The molecule has 2 aromatic rings. The highest BCUT2D eigenvalue weighted by Gasteiger charge is 2.37. The summed E-state index contributed by atoms with van der Waals surface area (Å²) >= 11 is 3.47. The molecule has 3 rings (SSSR count). The third-order valence-corrected chi connectivity index (χ3v) is 5.04. The van der Waals surface area contributed by atoms with E-state index in [1.165, 1.54) is 6.08 Å². The van der Waals surface area contributed by atoms with Crippen LogP contribution in [0.25, 0.3) is 6.08 Å². The topological polar surface area (TPSA) is 84.9 Å². The van der Waals surface area contributed by atoms with Crippen LogP contribution in [-0.4, -0.2) is 30.6 Å². The summed E-state index contributed by atoms with van der Waals surface area (Å²) in [6.45, 7) is 7.85. The molecule has 1 aliphatic heterocycles. The van der Waals surface area contributed by atoms with Crippen LogP contribution in [0.1, 0.15) is 31.9 Å². The van der Waals surface area contributed by atoms with Gasteiger partial charge >= 0.3 is 6.03 Å². The zero-order chi connectivity index (χ0) is 22.7.